The highest BCUT2D eigenvalue weighted by atomic mass is 35.5. The molecule has 0 radical (unpaired) electrons. The van der Waals surface area contributed by atoms with Gasteiger partial charge in [0.05, 0.1) is 11.1 Å². The highest BCUT2D eigenvalue weighted by Gasteiger charge is 2.32. The number of carbonyl (C=O) groups excluding carboxylic acids is 1. The lowest BCUT2D eigenvalue weighted by Gasteiger charge is -2.15. The number of aromatic nitrogens is 6. The van der Waals surface area contributed by atoms with Gasteiger partial charge < -0.3 is 4.74 Å². The van der Waals surface area contributed by atoms with E-state index in [1.165, 1.54) is 11.7 Å². The Hall–Kier alpha value is -2.33. The molecule has 2 unspecified atom stereocenters. The molecule has 1 aliphatic rings. The minimum absolute atomic E-state index is 0.0392. The van der Waals surface area contributed by atoms with Crippen LogP contribution in [-0.4, -0.2) is 49.1 Å². The molecule has 2 aromatic rings. The smallest absolute Gasteiger partial charge is 0.280 e. The molecule has 2 heterocycles. The van der Waals surface area contributed by atoms with E-state index >= 15 is 0 Å². The van der Waals surface area contributed by atoms with E-state index in [0.717, 1.165) is 17.5 Å². The minimum atomic E-state index is -0.582. The Labute approximate surface area is 148 Å². The lowest BCUT2D eigenvalue weighted by Crippen LogP contribution is -2.30. The number of ether oxygens (including phenoxy) is 1. The van der Waals surface area contributed by atoms with Crippen LogP contribution in [0.3, 0.4) is 0 Å². The number of rotatable bonds is 4. The fourth-order valence-corrected chi connectivity index (χ4v) is 3.41. The molecule has 0 saturated heterocycles. The number of hydrogen-bond acceptors (Lipinski definition) is 7. The molecule has 11 heteroatoms. The molecule has 2 aromatic heterocycles. The fourth-order valence-electron chi connectivity index (χ4n) is 3.05. The van der Waals surface area contributed by atoms with Crippen molar-refractivity contribution in [2.75, 3.05) is 12.4 Å². The molecule has 134 valence electrons. The Morgan fingerprint density at radius 2 is 2.08 bits per heavy atom. The molecule has 3 rings (SSSR count). The number of amides is 1. The van der Waals surface area contributed by atoms with Gasteiger partial charge in [-0.25, -0.2) is 9.36 Å². The molecule has 10 nitrogen and oxygen atoms in total. The van der Waals surface area contributed by atoms with E-state index in [0.29, 0.717) is 12.0 Å². The Bertz CT molecular complexity index is 863. The Morgan fingerprint density at radius 3 is 2.68 bits per heavy atom. The fraction of sp³-hybridized carbons (Fsp3) is 0.571. The molecule has 0 aromatic carbocycles. The summed E-state index contributed by atoms with van der Waals surface area (Å²) in [5.74, 6) is -0.498. The molecule has 1 saturated carbocycles. The van der Waals surface area contributed by atoms with Gasteiger partial charge in [-0.2, -0.15) is 5.10 Å². The largest absolute Gasteiger partial charge is 0.381 e. The minimum Gasteiger partial charge on any atom is -0.381 e. The number of methoxy groups -OCH3 is 1. The first kappa shape index (κ1) is 17.5. The molecular formula is C14H18ClN7O3. The van der Waals surface area contributed by atoms with Crippen LogP contribution in [0.15, 0.2) is 4.79 Å². The van der Waals surface area contributed by atoms with Crippen molar-refractivity contribution in [1.82, 2.24) is 30.0 Å². The average Bonchev–Trinajstić information content (AvgIpc) is 3.21. The average molecular weight is 368 g/mol. The molecular weight excluding hydrogens is 350 g/mol. The predicted molar refractivity (Wildman–Crippen MR) is 88.6 cm³/mol. The van der Waals surface area contributed by atoms with Gasteiger partial charge in [-0.15, -0.1) is 0 Å². The molecule has 0 aliphatic heterocycles. The van der Waals surface area contributed by atoms with E-state index in [4.69, 9.17) is 16.3 Å². The van der Waals surface area contributed by atoms with Crippen LogP contribution in [0.4, 0.5) is 5.95 Å². The van der Waals surface area contributed by atoms with Crippen molar-refractivity contribution >= 4 is 23.5 Å². The number of carbonyl (C=O) groups is 1. The second-order valence-electron chi connectivity index (χ2n) is 5.95. The van der Waals surface area contributed by atoms with E-state index in [1.54, 1.807) is 14.2 Å². The van der Waals surface area contributed by atoms with Gasteiger partial charge in [-0.05, 0) is 35.6 Å². The molecule has 25 heavy (non-hydrogen) atoms. The highest BCUT2D eigenvalue weighted by molar-refractivity contribution is 6.34. The summed E-state index contributed by atoms with van der Waals surface area (Å²) in [6, 6.07) is 0. The van der Waals surface area contributed by atoms with Gasteiger partial charge in [0.2, 0.25) is 5.95 Å². The Balaban J connectivity index is 1.97. The van der Waals surface area contributed by atoms with Gasteiger partial charge in [-0.3, -0.25) is 14.9 Å². The summed E-state index contributed by atoms with van der Waals surface area (Å²) >= 11 is 6.40. The number of nitrogens with zero attached hydrogens (tertiary/aromatic N) is 6. The molecule has 1 N–H and O–H groups in total. The SMILES string of the molecule is COC1CCC(c2c(Cl)c(C(=O)Nc3nnnn3C)nn(C)c2=O)C1. The second-order valence-corrected chi connectivity index (χ2v) is 6.33. The quantitative estimate of drug-likeness (QED) is 0.835. The van der Waals surface area contributed by atoms with E-state index in [9.17, 15) is 9.59 Å². The van der Waals surface area contributed by atoms with Gasteiger partial charge >= 0.3 is 0 Å². The first-order valence-electron chi connectivity index (χ1n) is 7.75. The second kappa shape index (κ2) is 6.89. The molecule has 1 aliphatic carbocycles. The van der Waals surface area contributed by atoms with Crippen LogP contribution in [0.1, 0.15) is 41.2 Å². The third-order valence-electron chi connectivity index (χ3n) is 4.41. The van der Waals surface area contributed by atoms with Gasteiger partial charge in [0.1, 0.15) is 0 Å². The number of halogens is 1. The zero-order valence-electron chi connectivity index (χ0n) is 14.1. The van der Waals surface area contributed by atoms with Gasteiger partial charge in [-0.1, -0.05) is 16.7 Å². The van der Waals surface area contributed by atoms with Gasteiger partial charge in [0, 0.05) is 26.8 Å². The number of aryl methyl sites for hydroxylation is 2. The van der Waals surface area contributed by atoms with Crippen molar-refractivity contribution < 1.29 is 9.53 Å². The van der Waals surface area contributed by atoms with E-state index in [2.05, 4.69) is 25.9 Å². The van der Waals surface area contributed by atoms with E-state index in [1.807, 2.05) is 0 Å². The Kier molecular flexibility index (Phi) is 4.82. The van der Waals surface area contributed by atoms with Gasteiger partial charge in [0.15, 0.2) is 5.69 Å². The molecule has 1 fully saturated rings. The van der Waals surface area contributed by atoms with Crippen LogP contribution < -0.4 is 10.9 Å². The number of nitrogens with one attached hydrogen (secondary N) is 1. The summed E-state index contributed by atoms with van der Waals surface area (Å²) in [4.78, 5) is 25.1. The van der Waals surface area contributed by atoms with Crippen molar-refractivity contribution in [3.63, 3.8) is 0 Å². The highest BCUT2D eigenvalue weighted by Crippen LogP contribution is 2.37. The lowest BCUT2D eigenvalue weighted by molar-refractivity contribution is 0.101. The standard InChI is InChI=1S/C14H18ClN7O3/c1-21-13(24)9(7-4-5-8(6-7)25-3)10(15)11(18-21)12(23)16-14-17-19-20-22(14)2/h7-8H,4-6H2,1-3H3,(H,16,17,20,23). The summed E-state index contributed by atoms with van der Waals surface area (Å²) in [5, 5.41) is 17.4. The van der Waals surface area contributed by atoms with Crippen molar-refractivity contribution in [3.8, 4) is 0 Å². The zero-order valence-corrected chi connectivity index (χ0v) is 14.8. The number of tetrazole rings is 1. The lowest BCUT2D eigenvalue weighted by atomic mass is 9.98. The summed E-state index contributed by atoms with van der Waals surface area (Å²) in [7, 11) is 4.72. The predicted octanol–water partition coefficient (Wildman–Crippen LogP) is 0.492. The van der Waals surface area contributed by atoms with Gasteiger partial charge in [0.25, 0.3) is 11.5 Å². The summed E-state index contributed by atoms with van der Waals surface area (Å²) in [6.07, 6.45) is 2.38. The van der Waals surface area contributed by atoms with Crippen molar-refractivity contribution in [3.05, 3.63) is 26.6 Å². The van der Waals surface area contributed by atoms with Crippen LogP contribution in [-0.2, 0) is 18.8 Å². The number of anilines is 1. The van der Waals surface area contributed by atoms with Crippen LogP contribution in [0.5, 0.6) is 0 Å². The monoisotopic (exact) mass is 367 g/mol. The normalized spacial score (nSPS) is 20.0. The van der Waals surface area contributed by atoms with Crippen molar-refractivity contribution in [2.45, 2.75) is 31.3 Å². The molecule has 1 amide bonds. The zero-order chi connectivity index (χ0) is 18.1. The van der Waals surface area contributed by atoms with Crippen LogP contribution in [0, 0.1) is 0 Å². The maximum atomic E-state index is 12.5. The van der Waals surface area contributed by atoms with E-state index in [-0.39, 0.29) is 34.2 Å². The summed E-state index contributed by atoms with van der Waals surface area (Å²) in [5.41, 5.74) is 0.0613. The van der Waals surface area contributed by atoms with Crippen LogP contribution in [0.2, 0.25) is 5.02 Å². The van der Waals surface area contributed by atoms with Crippen LogP contribution in [0.25, 0.3) is 0 Å². The van der Waals surface area contributed by atoms with Crippen LogP contribution >= 0.6 is 11.6 Å². The molecule has 2 atom stereocenters. The first-order valence-corrected chi connectivity index (χ1v) is 8.13. The first-order chi connectivity index (χ1) is 11.9. The Morgan fingerprint density at radius 1 is 1.32 bits per heavy atom. The third-order valence-corrected chi connectivity index (χ3v) is 4.79. The molecule has 0 bridgehead atoms. The summed E-state index contributed by atoms with van der Waals surface area (Å²) in [6.45, 7) is 0. The van der Waals surface area contributed by atoms with Crippen molar-refractivity contribution in [1.29, 1.82) is 0 Å². The maximum absolute atomic E-state index is 12.5. The maximum Gasteiger partial charge on any atom is 0.280 e. The topological polar surface area (TPSA) is 117 Å². The van der Waals surface area contributed by atoms with E-state index < -0.39 is 5.91 Å². The summed E-state index contributed by atoms with van der Waals surface area (Å²) < 4.78 is 7.79. The number of hydrogen-bond donors (Lipinski definition) is 1. The van der Waals surface area contributed by atoms with Crippen molar-refractivity contribution in [2.24, 2.45) is 14.1 Å². The molecule has 0 spiro atoms. The third kappa shape index (κ3) is 3.27.